The van der Waals surface area contributed by atoms with Crippen LogP contribution in [0.25, 0.3) is 0 Å². The number of alkyl halides is 1. The van der Waals surface area contributed by atoms with Crippen LogP contribution in [-0.2, 0) is 0 Å². The lowest BCUT2D eigenvalue weighted by atomic mass is 10.0. The first-order valence-corrected chi connectivity index (χ1v) is 4.58. The molecule has 66 valence electrons. The van der Waals surface area contributed by atoms with E-state index in [0.717, 1.165) is 10.0 Å². The van der Waals surface area contributed by atoms with Gasteiger partial charge in [-0.3, -0.25) is 4.39 Å². The molecule has 12 heavy (non-hydrogen) atoms. The van der Waals surface area contributed by atoms with Crippen LogP contribution in [0.15, 0.2) is 28.7 Å². The molecule has 1 atom stereocenters. The Morgan fingerprint density at radius 3 is 2.33 bits per heavy atom. The first kappa shape index (κ1) is 9.68. The highest BCUT2D eigenvalue weighted by atomic mass is 79.9. The third-order valence-corrected chi connectivity index (χ3v) is 2.34. The van der Waals surface area contributed by atoms with E-state index in [0.29, 0.717) is 6.54 Å². The van der Waals surface area contributed by atoms with Crippen LogP contribution in [0, 0.1) is 0 Å². The monoisotopic (exact) mass is 231 g/mol. The quantitative estimate of drug-likeness (QED) is 0.851. The molecule has 1 unspecified atom stereocenters. The van der Waals surface area contributed by atoms with Crippen molar-refractivity contribution in [3.63, 3.8) is 0 Å². The van der Waals surface area contributed by atoms with Crippen LogP contribution in [0.1, 0.15) is 11.5 Å². The minimum absolute atomic E-state index is 0.155. The lowest BCUT2D eigenvalue weighted by Gasteiger charge is -2.09. The van der Waals surface area contributed by atoms with Gasteiger partial charge in [-0.2, -0.15) is 0 Å². The molecule has 3 heteroatoms. The van der Waals surface area contributed by atoms with Gasteiger partial charge in [-0.05, 0) is 17.7 Å². The summed E-state index contributed by atoms with van der Waals surface area (Å²) in [5.74, 6) is -0.155. The van der Waals surface area contributed by atoms with E-state index in [4.69, 9.17) is 5.73 Å². The van der Waals surface area contributed by atoms with Crippen molar-refractivity contribution in [2.45, 2.75) is 5.92 Å². The number of hydrogen-bond donors (Lipinski definition) is 1. The molecule has 0 aromatic heterocycles. The van der Waals surface area contributed by atoms with Gasteiger partial charge in [-0.25, -0.2) is 0 Å². The van der Waals surface area contributed by atoms with Gasteiger partial charge in [0, 0.05) is 16.9 Å². The Morgan fingerprint density at radius 1 is 1.33 bits per heavy atom. The average Bonchev–Trinajstić information content (AvgIpc) is 2.10. The Hall–Kier alpha value is -0.410. The fourth-order valence-electron chi connectivity index (χ4n) is 1.02. The molecule has 0 aliphatic carbocycles. The van der Waals surface area contributed by atoms with Crippen LogP contribution >= 0.6 is 15.9 Å². The van der Waals surface area contributed by atoms with Crippen molar-refractivity contribution in [2.75, 3.05) is 13.2 Å². The smallest absolute Gasteiger partial charge is 0.0975 e. The van der Waals surface area contributed by atoms with Crippen molar-refractivity contribution in [1.82, 2.24) is 0 Å². The summed E-state index contributed by atoms with van der Waals surface area (Å²) in [6.45, 7) is -0.0315. The van der Waals surface area contributed by atoms with Crippen molar-refractivity contribution >= 4 is 15.9 Å². The molecule has 1 aromatic carbocycles. The van der Waals surface area contributed by atoms with Crippen molar-refractivity contribution in [1.29, 1.82) is 0 Å². The summed E-state index contributed by atoms with van der Waals surface area (Å²) in [4.78, 5) is 0. The maximum absolute atomic E-state index is 12.4. The van der Waals surface area contributed by atoms with Crippen LogP contribution in [0.4, 0.5) is 4.39 Å². The van der Waals surface area contributed by atoms with Crippen LogP contribution in [0.5, 0.6) is 0 Å². The lowest BCUT2D eigenvalue weighted by molar-refractivity contribution is 0.434. The molecule has 0 amide bonds. The molecule has 0 aliphatic rings. The van der Waals surface area contributed by atoms with Gasteiger partial charge in [0.15, 0.2) is 0 Å². The normalized spacial score (nSPS) is 12.9. The van der Waals surface area contributed by atoms with Gasteiger partial charge in [0.2, 0.25) is 0 Å². The topological polar surface area (TPSA) is 26.0 Å². The maximum atomic E-state index is 12.4. The second kappa shape index (κ2) is 4.58. The zero-order chi connectivity index (χ0) is 8.97. The largest absolute Gasteiger partial charge is 0.330 e. The van der Waals surface area contributed by atoms with Crippen LogP contribution in [0.2, 0.25) is 0 Å². The third-order valence-electron chi connectivity index (χ3n) is 1.81. The van der Waals surface area contributed by atoms with Gasteiger partial charge in [-0.15, -0.1) is 0 Å². The predicted molar refractivity (Wildman–Crippen MR) is 51.9 cm³/mol. The molecule has 1 rings (SSSR count). The minimum atomic E-state index is -0.391. The Kier molecular flexibility index (Phi) is 3.69. The highest BCUT2D eigenvalue weighted by Crippen LogP contribution is 2.18. The van der Waals surface area contributed by atoms with E-state index in [1.807, 2.05) is 24.3 Å². The van der Waals surface area contributed by atoms with Gasteiger partial charge >= 0.3 is 0 Å². The number of rotatable bonds is 3. The second-order valence-electron chi connectivity index (χ2n) is 2.64. The second-order valence-corrected chi connectivity index (χ2v) is 3.55. The van der Waals surface area contributed by atoms with Crippen molar-refractivity contribution < 1.29 is 4.39 Å². The van der Waals surface area contributed by atoms with Gasteiger partial charge in [0.25, 0.3) is 0 Å². The number of halogens is 2. The Balaban J connectivity index is 2.80. The first-order valence-electron chi connectivity index (χ1n) is 3.79. The maximum Gasteiger partial charge on any atom is 0.0975 e. The Morgan fingerprint density at radius 2 is 1.92 bits per heavy atom. The molecule has 0 heterocycles. The summed E-state index contributed by atoms with van der Waals surface area (Å²) in [6.07, 6.45) is 0. The summed E-state index contributed by atoms with van der Waals surface area (Å²) in [5, 5.41) is 0. The molecule has 2 N–H and O–H groups in total. The SMILES string of the molecule is NCC(CF)c1ccc(Br)cc1. The van der Waals surface area contributed by atoms with E-state index in [1.54, 1.807) is 0 Å². The van der Waals surface area contributed by atoms with Crippen molar-refractivity contribution in [2.24, 2.45) is 5.73 Å². The molecule has 1 nitrogen and oxygen atoms in total. The van der Waals surface area contributed by atoms with Gasteiger partial charge in [0.05, 0.1) is 6.67 Å². The molecule has 0 radical (unpaired) electrons. The molecule has 0 spiro atoms. The van der Waals surface area contributed by atoms with E-state index in [2.05, 4.69) is 15.9 Å². The van der Waals surface area contributed by atoms with E-state index >= 15 is 0 Å². The molecule has 0 saturated heterocycles. The van der Waals surface area contributed by atoms with Crippen molar-refractivity contribution in [3.8, 4) is 0 Å². The molecular formula is C9H11BrFN. The number of benzene rings is 1. The summed E-state index contributed by atoms with van der Waals surface area (Å²) >= 11 is 3.31. The molecular weight excluding hydrogens is 221 g/mol. The average molecular weight is 232 g/mol. The van der Waals surface area contributed by atoms with Gasteiger partial charge in [-0.1, -0.05) is 28.1 Å². The minimum Gasteiger partial charge on any atom is -0.330 e. The lowest BCUT2D eigenvalue weighted by Crippen LogP contribution is -2.13. The summed E-state index contributed by atoms with van der Waals surface area (Å²) in [5.41, 5.74) is 6.36. The van der Waals surface area contributed by atoms with E-state index < -0.39 is 6.67 Å². The zero-order valence-corrected chi connectivity index (χ0v) is 8.22. The fourth-order valence-corrected chi connectivity index (χ4v) is 1.29. The number of hydrogen-bond acceptors (Lipinski definition) is 1. The zero-order valence-electron chi connectivity index (χ0n) is 6.63. The molecule has 0 fully saturated rings. The van der Waals surface area contributed by atoms with Crippen molar-refractivity contribution in [3.05, 3.63) is 34.3 Å². The Labute approximate surface area is 79.9 Å². The molecule has 1 aromatic rings. The molecule has 0 saturated carbocycles. The van der Waals surface area contributed by atoms with E-state index in [1.165, 1.54) is 0 Å². The van der Waals surface area contributed by atoms with E-state index in [-0.39, 0.29) is 5.92 Å². The standard InChI is InChI=1S/C9H11BrFN/c10-9-3-1-7(2-4-9)8(5-11)6-12/h1-4,8H,5-6,12H2. The number of nitrogens with two attached hydrogens (primary N) is 1. The summed E-state index contributed by atoms with van der Waals surface area (Å²) < 4.78 is 13.4. The Bertz CT molecular complexity index is 231. The first-order chi connectivity index (χ1) is 5.77. The van der Waals surface area contributed by atoms with Gasteiger partial charge in [0.1, 0.15) is 0 Å². The third kappa shape index (κ3) is 2.29. The molecule has 0 aliphatic heterocycles. The fraction of sp³-hybridized carbons (Fsp3) is 0.333. The highest BCUT2D eigenvalue weighted by molar-refractivity contribution is 9.10. The summed E-state index contributed by atoms with van der Waals surface area (Å²) in [6, 6.07) is 7.57. The summed E-state index contributed by atoms with van der Waals surface area (Å²) in [7, 11) is 0. The van der Waals surface area contributed by atoms with Crippen LogP contribution < -0.4 is 5.73 Å². The molecule has 0 bridgehead atoms. The van der Waals surface area contributed by atoms with E-state index in [9.17, 15) is 4.39 Å². The van der Waals surface area contributed by atoms with Crippen LogP contribution in [-0.4, -0.2) is 13.2 Å². The van der Waals surface area contributed by atoms with Crippen LogP contribution in [0.3, 0.4) is 0 Å². The highest BCUT2D eigenvalue weighted by Gasteiger charge is 2.07. The predicted octanol–water partition coefficient (Wildman–Crippen LogP) is 2.46. The van der Waals surface area contributed by atoms with Gasteiger partial charge < -0.3 is 5.73 Å².